The number of Topliss-reactive ketones (excluding diaryl/α,β-unsaturated/α-hetero) is 1. The second kappa shape index (κ2) is 4.24. The number of rotatable bonds is 2. The Balaban J connectivity index is 2.53. The van der Waals surface area contributed by atoms with Gasteiger partial charge in [0, 0.05) is 5.56 Å². The lowest BCUT2D eigenvalue weighted by atomic mass is 9.94. The van der Waals surface area contributed by atoms with Gasteiger partial charge in [0.2, 0.25) is 0 Å². The van der Waals surface area contributed by atoms with Gasteiger partial charge in [-0.15, -0.1) is 0 Å². The zero-order valence-electron chi connectivity index (χ0n) is 9.76. The molecule has 0 spiro atoms. The average molecular weight is 236 g/mol. The van der Waals surface area contributed by atoms with Gasteiger partial charge in [-0.25, -0.2) is 0 Å². The van der Waals surface area contributed by atoms with Crippen molar-refractivity contribution in [3.63, 3.8) is 0 Å². The summed E-state index contributed by atoms with van der Waals surface area (Å²) in [4.78, 5) is 12.0. The first-order valence-corrected chi connectivity index (χ1v) is 5.86. The minimum atomic E-state index is -0.460. The average Bonchev–Trinajstić information content (AvgIpc) is 2.44. The fourth-order valence-corrected chi connectivity index (χ4v) is 2.39. The third kappa shape index (κ3) is 1.59. The number of benzene rings is 3. The van der Waals surface area contributed by atoms with E-state index in [-0.39, 0.29) is 5.78 Å². The number of aliphatic hydroxyl groups excluding tert-OH is 1. The Morgan fingerprint density at radius 2 is 1.39 bits per heavy atom. The van der Waals surface area contributed by atoms with Crippen LogP contribution in [0.4, 0.5) is 0 Å². The maximum absolute atomic E-state index is 12.0. The molecule has 1 N–H and O–H groups in total. The number of carbonyl (C=O) groups is 1. The molecule has 3 rings (SSSR count). The zero-order chi connectivity index (χ0) is 12.5. The van der Waals surface area contributed by atoms with E-state index in [9.17, 15) is 4.79 Å². The lowest BCUT2D eigenvalue weighted by molar-refractivity contribution is 0.0907. The minimum Gasteiger partial charge on any atom is -0.388 e. The van der Waals surface area contributed by atoms with Gasteiger partial charge in [-0.05, 0) is 27.6 Å². The summed E-state index contributed by atoms with van der Waals surface area (Å²) in [7, 11) is 0. The molecule has 0 atom stereocenters. The van der Waals surface area contributed by atoms with Crippen LogP contribution in [0.25, 0.3) is 21.5 Å². The molecule has 18 heavy (non-hydrogen) atoms. The predicted molar refractivity (Wildman–Crippen MR) is 72.9 cm³/mol. The summed E-state index contributed by atoms with van der Waals surface area (Å²) in [5.74, 6) is -0.233. The zero-order valence-corrected chi connectivity index (χ0v) is 9.76. The maximum Gasteiger partial charge on any atom is 0.189 e. The highest BCUT2D eigenvalue weighted by atomic mass is 16.3. The Bertz CT molecular complexity index is 690. The number of fused-ring (bicyclic) bond motifs is 2. The van der Waals surface area contributed by atoms with Crippen LogP contribution in [0.2, 0.25) is 0 Å². The fourth-order valence-electron chi connectivity index (χ4n) is 2.39. The number of carbonyl (C=O) groups excluding carboxylic acids is 1. The molecule has 2 heteroatoms. The Morgan fingerprint density at radius 1 is 0.889 bits per heavy atom. The van der Waals surface area contributed by atoms with Crippen molar-refractivity contribution in [2.45, 2.75) is 0 Å². The molecule has 3 aromatic rings. The van der Waals surface area contributed by atoms with E-state index in [1.165, 1.54) is 0 Å². The summed E-state index contributed by atoms with van der Waals surface area (Å²) in [6.45, 7) is -0.460. The monoisotopic (exact) mass is 236 g/mol. The molecule has 88 valence electrons. The number of ketones is 1. The summed E-state index contributed by atoms with van der Waals surface area (Å²) in [6.07, 6.45) is 0. The summed E-state index contributed by atoms with van der Waals surface area (Å²) in [6, 6.07) is 17.6. The van der Waals surface area contributed by atoms with Gasteiger partial charge in [0.15, 0.2) is 5.78 Å². The van der Waals surface area contributed by atoms with Crippen molar-refractivity contribution in [3.05, 3.63) is 60.2 Å². The number of hydrogen-bond acceptors (Lipinski definition) is 2. The van der Waals surface area contributed by atoms with Gasteiger partial charge in [-0.1, -0.05) is 48.5 Å². The summed E-state index contributed by atoms with van der Waals surface area (Å²) in [5, 5.41) is 13.0. The van der Waals surface area contributed by atoms with Gasteiger partial charge in [-0.2, -0.15) is 0 Å². The maximum atomic E-state index is 12.0. The molecular formula is C16H12O2. The molecule has 0 amide bonds. The SMILES string of the molecule is O=C(CO)c1c2ccccc2cc2ccccc12. The molecule has 0 aromatic heterocycles. The van der Waals surface area contributed by atoms with E-state index in [4.69, 9.17) is 5.11 Å². The Hall–Kier alpha value is -2.19. The van der Waals surface area contributed by atoms with Crippen molar-refractivity contribution in [1.82, 2.24) is 0 Å². The van der Waals surface area contributed by atoms with Gasteiger partial charge in [0.1, 0.15) is 6.61 Å². The van der Waals surface area contributed by atoms with Crippen LogP contribution in [0.5, 0.6) is 0 Å². The van der Waals surface area contributed by atoms with Gasteiger partial charge < -0.3 is 5.11 Å². The van der Waals surface area contributed by atoms with E-state index in [1.807, 2.05) is 48.5 Å². The first-order valence-electron chi connectivity index (χ1n) is 5.86. The van der Waals surface area contributed by atoms with Gasteiger partial charge >= 0.3 is 0 Å². The van der Waals surface area contributed by atoms with Gasteiger partial charge in [-0.3, -0.25) is 4.79 Å². The largest absolute Gasteiger partial charge is 0.388 e. The van der Waals surface area contributed by atoms with Crippen molar-refractivity contribution >= 4 is 27.3 Å². The molecule has 0 aliphatic heterocycles. The van der Waals surface area contributed by atoms with Crippen molar-refractivity contribution < 1.29 is 9.90 Å². The van der Waals surface area contributed by atoms with Gasteiger partial charge in [0.05, 0.1) is 0 Å². The van der Waals surface area contributed by atoms with Crippen molar-refractivity contribution in [1.29, 1.82) is 0 Å². The smallest absolute Gasteiger partial charge is 0.189 e. The van der Waals surface area contributed by atoms with E-state index in [0.717, 1.165) is 21.5 Å². The predicted octanol–water partition coefficient (Wildman–Crippen LogP) is 3.17. The number of aliphatic hydroxyl groups is 1. The van der Waals surface area contributed by atoms with Crippen molar-refractivity contribution in [3.8, 4) is 0 Å². The normalized spacial score (nSPS) is 10.9. The molecule has 0 saturated heterocycles. The fraction of sp³-hybridized carbons (Fsp3) is 0.0625. The van der Waals surface area contributed by atoms with Crippen molar-refractivity contribution in [2.24, 2.45) is 0 Å². The lowest BCUT2D eigenvalue weighted by Gasteiger charge is -2.09. The topological polar surface area (TPSA) is 37.3 Å². The van der Waals surface area contributed by atoms with Gasteiger partial charge in [0.25, 0.3) is 0 Å². The molecule has 0 radical (unpaired) electrons. The first kappa shape index (κ1) is 10.9. The van der Waals surface area contributed by atoms with Crippen LogP contribution in [-0.4, -0.2) is 17.5 Å². The van der Waals surface area contributed by atoms with Crippen LogP contribution in [-0.2, 0) is 0 Å². The third-order valence-corrected chi connectivity index (χ3v) is 3.19. The van der Waals surface area contributed by atoms with E-state index in [1.54, 1.807) is 0 Å². The van der Waals surface area contributed by atoms with Crippen molar-refractivity contribution in [2.75, 3.05) is 6.61 Å². The molecule has 2 nitrogen and oxygen atoms in total. The van der Waals surface area contributed by atoms with Crippen LogP contribution in [0.15, 0.2) is 54.6 Å². The molecule has 0 heterocycles. The minimum absolute atomic E-state index is 0.233. The summed E-state index contributed by atoms with van der Waals surface area (Å²) in [5.41, 5.74) is 0.617. The Kier molecular flexibility index (Phi) is 2.58. The third-order valence-electron chi connectivity index (χ3n) is 3.19. The van der Waals surface area contributed by atoms with Crippen LogP contribution < -0.4 is 0 Å². The van der Waals surface area contributed by atoms with E-state index >= 15 is 0 Å². The van der Waals surface area contributed by atoms with E-state index in [2.05, 4.69) is 6.07 Å². The van der Waals surface area contributed by atoms with Crippen LogP contribution >= 0.6 is 0 Å². The summed E-state index contributed by atoms with van der Waals surface area (Å²) >= 11 is 0. The highest BCUT2D eigenvalue weighted by Crippen LogP contribution is 2.28. The van der Waals surface area contributed by atoms with E-state index in [0.29, 0.717) is 5.56 Å². The molecule has 0 bridgehead atoms. The Morgan fingerprint density at radius 3 is 1.89 bits per heavy atom. The summed E-state index contributed by atoms with van der Waals surface area (Å²) < 4.78 is 0. The molecular weight excluding hydrogens is 224 g/mol. The highest BCUT2D eigenvalue weighted by molar-refractivity contribution is 6.19. The molecule has 3 aromatic carbocycles. The molecule has 0 unspecified atom stereocenters. The van der Waals surface area contributed by atoms with E-state index < -0.39 is 6.61 Å². The quantitative estimate of drug-likeness (QED) is 0.548. The van der Waals surface area contributed by atoms with Crippen LogP contribution in [0, 0.1) is 0 Å². The number of hydrogen-bond donors (Lipinski definition) is 1. The highest BCUT2D eigenvalue weighted by Gasteiger charge is 2.13. The lowest BCUT2D eigenvalue weighted by Crippen LogP contribution is -2.06. The van der Waals surface area contributed by atoms with Crippen LogP contribution in [0.1, 0.15) is 10.4 Å². The Labute approximate surface area is 104 Å². The molecule has 0 saturated carbocycles. The van der Waals surface area contributed by atoms with Crippen LogP contribution in [0.3, 0.4) is 0 Å². The first-order chi connectivity index (χ1) is 8.81. The standard InChI is InChI=1S/C16H12O2/c17-10-15(18)16-13-7-3-1-5-11(13)9-12-6-2-4-8-14(12)16/h1-9,17H,10H2. The molecule has 0 aliphatic carbocycles. The second-order valence-corrected chi connectivity index (χ2v) is 4.28. The molecule has 0 aliphatic rings. The molecule has 0 fully saturated rings. The second-order valence-electron chi connectivity index (χ2n) is 4.28.